The number of thiophene rings is 1. The van der Waals surface area contributed by atoms with Gasteiger partial charge in [-0.15, -0.1) is 21.5 Å². The van der Waals surface area contributed by atoms with Gasteiger partial charge in [-0.1, -0.05) is 11.3 Å². The first kappa shape index (κ1) is 9.30. The van der Waals surface area contributed by atoms with E-state index in [0.29, 0.717) is 11.0 Å². The number of hydrogen-bond donors (Lipinski definition) is 1. The van der Waals surface area contributed by atoms with Gasteiger partial charge in [0.1, 0.15) is 5.01 Å². The second kappa shape index (κ2) is 3.57. The molecule has 2 N–H and O–H groups in total. The van der Waals surface area contributed by atoms with Crippen molar-refractivity contribution in [3.8, 4) is 0 Å². The molecule has 0 saturated carbocycles. The lowest BCUT2D eigenvalue weighted by Gasteiger charge is -2.19. The third kappa shape index (κ3) is 1.55. The van der Waals surface area contributed by atoms with Crippen LogP contribution in [-0.4, -0.2) is 10.2 Å². The van der Waals surface area contributed by atoms with Crippen molar-refractivity contribution in [2.24, 2.45) is 0 Å². The molecule has 2 aromatic rings. The smallest absolute Gasteiger partial charge is 0.203 e. The first-order valence-electron chi connectivity index (χ1n) is 5.00. The highest BCUT2D eigenvalue weighted by Gasteiger charge is 2.25. The molecule has 0 amide bonds. The van der Waals surface area contributed by atoms with Crippen molar-refractivity contribution in [3.63, 3.8) is 0 Å². The molecule has 15 heavy (non-hydrogen) atoms. The zero-order chi connectivity index (χ0) is 10.3. The molecule has 3 nitrogen and oxygen atoms in total. The minimum Gasteiger partial charge on any atom is -0.374 e. The highest BCUT2D eigenvalue weighted by Crippen LogP contribution is 2.40. The maximum absolute atomic E-state index is 5.63. The predicted molar refractivity (Wildman–Crippen MR) is 63.4 cm³/mol. The Balaban J connectivity index is 2.02. The van der Waals surface area contributed by atoms with Gasteiger partial charge >= 0.3 is 0 Å². The zero-order valence-electron chi connectivity index (χ0n) is 8.14. The lowest BCUT2D eigenvalue weighted by Crippen LogP contribution is -2.08. The van der Waals surface area contributed by atoms with E-state index in [1.54, 1.807) is 0 Å². The molecule has 2 heterocycles. The van der Waals surface area contributed by atoms with Crippen LogP contribution < -0.4 is 5.73 Å². The minimum atomic E-state index is 0.440. The van der Waals surface area contributed by atoms with Gasteiger partial charge in [0.05, 0.1) is 0 Å². The number of anilines is 1. The Hall–Kier alpha value is -0.940. The van der Waals surface area contributed by atoms with E-state index in [0.717, 1.165) is 5.01 Å². The van der Waals surface area contributed by atoms with Crippen molar-refractivity contribution in [1.82, 2.24) is 10.2 Å². The first-order chi connectivity index (χ1) is 7.34. The number of hydrogen-bond acceptors (Lipinski definition) is 5. The van der Waals surface area contributed by atoms with Crippen molar-refractivity contribution in [3.05, 3.63) is 26.9 Å². The number of nitrogens with two attached hydrogens (primary N) is 1. The molecular weight excluding hydrogens is 226 g/mol. The van der Waals surface area contributed by atoms with Crippen LogP contribution in [0.15, 0.2) is 11.4 Å². The van der Waals surface area contributed by atoms with Crippen LogP contribution in [0.5, 0.6) is 0 Å². The second-order valence-electron chi connectivity index (χ2n) is 3.72. The van der Waals surface area contributed by atoms with Crippen LogP contribution in [0.1, 0.15) is 34.2 Å². The Morgan fingerprint density at radius 2 is 2.33 bits per heavy atom. The summed E-state index contributed by atoms with van der Waals surface area (Å²) in [6.45, 7) is 0. The molecule has 0 radical (unpaired) electrons. The Morgan fingerprint density at radius 3 is 3.13 bits per heavy atom. The van der Waals surface area contributed by atoms with Crippen molar-refractivity contribution < 1.29 is 0 Å². The van der Waals surface area contributed by atoms with E-state index >= 15 is 0 Å². The molecule has 0 aromatic carbocycles. The standard InChI is InChI=1S/C10H11N3S2/c11-10-13-12-9(15-10)7-2-1-3-8-6(7)4-5-14-8/h4-5,7H,1-3H2,(H2,11,13). The number of nitrogens with zero attached hydrogens (tertiary/aromatic N) is 2. The maximum atomic E-state index is 5.63. The number of rotatable bonds is 1. The highest BCUT2D eigenvalue weighted by atomic mass is 32.1. The predicted octanol–water partition coefficient (Wildman–Crippen LogP) is 2.65. The fourth-order valence-electron chi connectivity index (χ4n) is 2.13. The van der Waals surface area contributed by atoms with Crippen LogP contribution in [0.3, 0.4) is 0 Å². The molecule has 78 valence electrons. The van der Waals surface area contributed by atoms with Gasteiger partial charge in [-0.05, 0) is 36.3 Å². The zero-order valence-corrected chi connectivity index (χ0v) is 9.77. The second-order valence-corrected chi connectivity index (χ2v) is 5.76. The van der Waals surface area contributed by atoms with Crippen molar-refractivity contribution in [2.45, 2.75) is 25.2 Å². The molecule has 0 aliphatic heterocycles. The Labute approximate surface area is 96.0 Å². The van der Waals surface area contributed by atoms with E-state index < -0.39 is 0 Å². The molecule has 5 heteroatoms. The summed E-state index contributed by atoms with van der Waals surface area (Å²) >= 11 is 3.38. The first-order valence-corrected chi connectivity index (χ1v) is 6.69. The van der Waals surface area contributed by atoms with Crippen LogP contribution in [0.4, 0.5) is 5.13 Å². The van der Waals surface area contributed by atoms with Gasteiger partial charge in [0, 0.05) is 10.8 Å². The molecule has 0 bridgehead atoms. The summed E-state index contributed by atoms with van der Waals surface area (Å²) in [5.41, 5.74) is 7.07. The number of nitrogen functional groups attached to an aromatic ring is 1. The van der Waals surface area contributed by atoms with Gasteiger partial charge in [0.15, 0.2) is 0 Å². The Morgan fingerprint density at radius 1 is 1.40 bits per heavy atom. The maximum Gasteiger partial charge on any atom is 0.203 e. The molecule has 2 aromatic heterocycles. The summed E-state index contributed by atoms with van der Waals surface area (Å²) in [6.07, 6.45) is 3.65. The fourth-order valence-corrected chi connectivity index (χ4v) is 3.88. The average molecular weight is 237 g/mol. The van der Waals surface area contributed by atoms with Gasteiger partial charge in [-0.25, -0.2) is 0 Å². The Kier molecular flexibility index (Phi) is 2.21. The largest absolute Gasteiger partial charge is 0.374 e. The topological polar surface area (TPSA) is 51.8 Å². The summed E-state index contributed by atoms with van der Waals surface area (Å²) < 4.78 is 0. The van der Waals surface area contributed by atoms with Crippen molar-refractivity contribution >= 4 is 27.8 Å². The SMILES string of the molecule is Nc1nnc(C2CCCc3sccc32)s1. The van der Waals surface area contributed by atoms with Gasteiger partial charge in [0.2, 0.25) is 5.13 Å². The normalized spacial score (nSPS) is 20.1. The van der Waals surface area contributed by atoms with Crippen LogP contribution >= 0.6 is 22.7 Å². The summed E-state index contributed by atoms with van der Waals surface area (Å²) in [4.78, 5) is 1.51. The molecular formula is C10H11N3S2. The van der Waals surface area contributed by atoms with E-state index in [4.69, 9.17) is 5.73 Å². The molecule has 0 spiro atoms. The summed E-state index contributed by atoms with van der Waals surface area (Å²) in [5.74, 6) is 0.440. The lowest BCUT2D eigenvalue weighted by atomic mass is 9.88. The third-order valence-electron chi connectivity index (χ3n) is 2.81. The van der Waals surface area contributed by atoms with Crippen LogP contribution in [0.25, 0.3) is 0 Å². The lowest BCUT2D eigenvalue weighted by molar-refractivity contribution is 0.618. The number of fused-ring (bicyclic) bond motifs is 1. The number of aromatic nitrogens is 2. The fraction of sp³-hybridized carbons (Fsp3) is 0.400. The van der Waals surface area contributed by atoms with E-state index in [2.05, 4.69) is 21.6 Å². The molecule has 0 saturated heterocycles. The summed E-state index contributed by atoms with van der Waals surface area (Å²) in [5, 5.41) is 11.9. The van der Waals surface area contributed by atoms with E-state index in [1.807, 2.05) is 11.3 Å². The van der Waals surface area contributed by atoms with Crippen molar-refractivity contribution in [2.75, 3.05) is 5.73 Å². The van der Waals surface area contributed by atoms with Gasteiger partial charge in [-0.3, -0.25) is 0 Å². The molecule has 1 aliphatic carbocycles. The van der Waals surface area contributed by atoms with Crippen LogP contribution in [0.2, 0.25) is 0 Å². The van der Waals surface area contributed by atoms with Crippen LogP contribution in [0, 0.1) is 0 Å². The minimum absolute atomic E-state index is 0.440. The monoisotopic (exact) mass is 237 g/mol. The molecule has 1 aliphatic rings. The Bertz CT molecular complexity index is 474. The highest BCUT2D eigenvalue weighted by molar-refractivity contribution is 7.15. The molecule has 1 unspecified atom stereocenters. The third-order valence-corrected chi connectivity index (χ3v) is 4.67. The van der Waals surface area contributed by atoms with Gasteiger partial charge < -0.3 is 5.73 Å². The van der Waals surface area contributed by atoms with E-state index in [1.165, 1.54) is 41.0 Å². The van der Waals surface area contributed by atoms with Crippen molar-refractivity contribution in [1.29, 1.82) is 0 Å². The molecule has 1 atom stereocenters. The van der Waals surface area contributed by atoms with Crippen LogP contribution in [-0.2, 0) is 6.42 Å². The molecule has 0 fully saturated rings. The molecule has 3 rings (SSSR count). The van der Waals surface area contributed by atoms with E-state index in [9.17, 15) is 0 Å². The summed E-state index contributed by atoms with van der Waals surface area (Å²) in [6, 6.07) is 2.22. The average Bonchev–Trinajstić information content (AvgIpc) is 2.84. The van der Waals surface area contributed by atoms with Gasteiger partial charge in [-0.2, -0.15) is 0 Å². The number of aryl methyl sites for hydroxylation is 1. The van der Waals surface area contributed by atoms with Gasteiger partial charge in [0.25, 0.3) is 0 Å². The van der Waals surface area contributed by atoms with E-state index in [-0.39, 0.29) is 0 Å². The quantitative estimate of drug-likeness (QED) is 0.829. The summed E-state index contributed by atoms with van der Waals surface area (Å²) in [7, 11) is 0.